The smallest absolute Gasteiger partial charge is 0.168 e. The van der Waals surface area contributed by atoms with Crippen LogP contribution in [-0.2, 0) is 11.3 Å². The third kappa shape index (κ3) is 2.24. The molecule has 0 aromatic carbocycles. The van der Waals surface area contributed by atoms with E-state index in [9.17, 15) is 5.11 Å². The van der Waals surface area contributed by atoms with Crippen LogP contribution in [0.3, 0.4) is 0 Å². The Labute approximate surface area is 129 Å². The van der Waals surface area contributed by atoms with Gasteiger partial charge in [-0.05, 0) is 12.3 Å². The van der Waals surface area contributed by atoms with E-state index in [1.807, 2.05) is 4.57 Å². The molecular weight excluding hydrogens is 282 g/mol. The first kappa shape index (κ1) is 15.2. The number of fused-ring (bicyclic) bond motifs is 1. The first-order chi connectivity index (χ1) is 10.6. The molecule has 4 unspecified atom stereocenters. The van der Waals surface area contributed by atoms with Gasteiger partial charge >= 0.3 is 0 Å². The molecule has 1 saturated heterocycles. The van der Waals surface area contributed by atoms with E-state index >= 15 is 0 Å². The number of hydrogen-bond acceptors (Lipinski definition) is 6. The number of hydrogen-bond donors (Lipinski definition) is 2. The highest BCUT2D eigenvalue weighted by Crippen LogP contribution is 2.41. The maximum absolute atomic E-state index is 9.37. The van der Waals surface area contributed by atoms with Crippen LogP contribution in [0.1, 0.15) is 39.2 Å². The molecule has 7 nitrogen and oxygen atoms in total. The second-order valence-electron chi connectivity index (χ2n) is 5.91. The monoisotopic (exact) mass is 305 g/mol. The number of imidazole rings is 1. The number of aliphatic hydroxyl groups is 1. The molecule has 0 saturated carbocycles. The Bertz CT molecular complexity index is 671. The maximum atomic E-state index is 9.37. The fourth-order valence-electron chi connectivity index (χ4n) is 3.20. The average molecular weight is 305 g/mol. The van der Waals surface area contributed by atoms with Crippen LogP contribution in [0.25, 0.3) is 11.2 Å². The minimum atomic E-state index is -0.204. The predicted molar refractivity (Wildman–Crippen MR) is 83.3 cm³/mol. The van der Waals surface area contributed by atoms with Crippen LogP contribution in [0, 0.1) is 11.8 Å². The van der Waals surface area contributed by atoms with E-state index in [0.29, 0.717) is 34.6 Å². The normalized spacial score (nSPS) is 28.4. The SMILES string of the molecule is CCC1OC(n2cnc3c(NC)nc(CO)nc32)C(C)C1C. The molecule has 2 N–H and O–H groups in total. The summed E-state index contributed by atoms with van der Waals surface area (Å²) in [5.41, 5.74) is 1.40. The highest BCUT2D eigenvalue weighted by atomic mass is 16.5. The van der Waals surface area contributed by atoms with Crippen molar-refractivity contribution in [2.24, 2.45) is 11.8 Å². The van der Waals surface area contributed by atoms with Gasteiger partial charge in [0.15, 0.2) is 22.8 Å². The second kappa shape index (κ2) is 5.81. The Morgan fingerprint density at radius 3 is 2.68 bits per heavy atom. The van der Waals surface area contributed by atoms with Crippen LogP contribution in [0.4, 0.5) is 5.82 Å². The van der Waals surface area contributed by atoms with Gasteiger partial charge in [0.25, 0.3) is 0 Å². The summed E-state index contributed by atoms with van der Waals surface area (Å²) in [4.78, 5) is 13.1. The highest BCUT2D eigenvalue weighted by molar-refractivity contribution is 5.82. The Morgan fingerprint density at radius 2 is 2.09 bits per heavy atom. The van der Waals surface area contributed by atoms with Gasteiger partial charge in [0.05, 0.1) is 12.4 Å². The number of aromatic nitrogens is 4. The summed E-state index contributed by atoms with van der Waals surface area (Å²) in [6, 6.07) is 0. The van der Waals surface area contributed by atoms with Crippen molar-refractivity contribution in [1.29, 1.82) is 0 Å². The lowest BCUT2D eigenvalue weighted by molar-refractivity contribution is -0.0120. The molecule has 0 amide bonds. The Balaban J connectivity index is 2.08. The van der Waals surface area contributed by atoms with Crippen molar-refractivity contribution >= 4 is 17.0 Å². The zero-order chi connectivity index (χ0) is 15.9. The molecule has 120 valence electrons. The first-order valence-electron chi connectivity index (χ1n) is 7.78. The molecule has 0 aliphatic carbocycles. The van der Waals surface area contributed by atoms with E-state index in [-0.39, 0.29) is 18.9 Å². The number of nitrogens with one attached hydrogen (secondary N) is 1. The fourth-order valence-corrected chi connectivity index (χ4v) is 3.20. The van der Waals surface area contributed by atoms with Crippen molar-refractivity contribution in [3.05, 3.63) is 12.2 Å². The fraction of sp³-hybridized carbons (Fsp3) is 0.667. The zero-order valence-electron chi connectivity index (χ0n) is 13.4. The molecular formula is C15H23N5O2. The van der Waals surface area contributed by atoms with Gasteiger partial charge in [-0.3, -0.25) is 4.57 Å². The van der Waals surface area contributed by atoms with Crippen LogP contribution in [-0.4, -0.2) is 37.8 Å². The summed E-state index contributed by atoms with van der Waals surface area (Å²) >= 11 is 0. The van der Waals surface area contributed by atoms with E-state index in [4.69, 9.17) is 4.74 Å². The van der Waals surface area contributed by atoms with Gasteiger partial charge in [-0.15, -0.1) is 0 Å². The Kier molecular flexibility index (Phi) is 4.01. The lowest BCUT2D eigenvalue weighted by Crippen LogP contribution is -2.16. The molecule has 7 heteroatoms. The van der Waals surface area contributed by atoms with Crippen molar-refractivity contribution in [2.75, 3.05) is 12.4 Å². The highest BCUT2D eigenvalue weighted by Gasteiger charge is 2.39. The predicted octanol–water partition coefficient (Wildman–Crippen LogP) is 1.94. The molecule has 0 bridgehead atoms. The topological polar surface area (TPSA) is 85.1 Å². The van der Waals surface area contributed by atoms with E-state index in [2.05, 4.69) is 41.0 Å². The summed E-state index contributed by atoms with van der Waals surface area (Å²) in [5, 5.41) is 12.4. The van der Waals surface area contributed by atoms with E-state index in [0.717, 1.165) is 6.42 Å². The van der Waals surface area contributed by atoms with Gasteiger partial charge in [0, 0.05) is 13.0 Å². The third-order valence-corrected chi connectivity index (χ3v) is 4.70. The summed E-state index contributed by atoms with van der Waals surface area (Å²) in [6.07, 6.45) is 2.91. The number of rotatable bonds is 4. The Morgan fingerprint density at radius 1 is 1.32 bits per heavy atom. The van der Waals surface area contributed by atoms with Crippen molar-refractivity contribution in [3.8, 4) is 0 Å². The van der Waals surface area contributed by atoms with Crippen LogP contribution in [0.2, 0.25) is 0 Å². The molecule has 0 radical (unpaired) electrons. The van der Waals surface area contributed by atoms with Crippen LogP contribution in [0.15, 0.2) is 6.33 Å². The third-order valence-electron chi connectivity index (χ3n) is 4.70. The minimum absolute atomic E-state index is 0.0869. The van der Waals surface area contributed by atoms with Gasteiger partial charge in [0.2, 0.25) is 0 Å². The lowest BCUT2D eigenvalue weighted by Gasteiger charge is -2.18. The first-order valence-corrected chi connectivity index (χ1v) is 7.78. The number of nitrogens with zero attached hydrogens (tertiary/aromatic N) is 4. The summed E-state index contributed by atoms with van der Waals surface area (Å²) < 4.78 is 8.18. The molecule has 22 heavy (non-hydrogen) atoms. The van der Waals surface area contributed by atoms with Gasteiger partial charge in [-0.1, -0.05) is 20.8 Å². The van der Waals surface area contributed by atoms with Crippen molar-refractivity contribution < 1.29 is 9.84 Å². The summed E-state index contributed by atoms with van der Waals surface area (Å²) in [7, 11) is 1.78. The second-order valence-corrected chi connectivity index (χ2v) is 5.91. The van der Waals surface area contributed by atoms with E-state index in [1.54, 1.807) is 13.4 Å². The number of ether oxygens (including phenoxy) is 1. The standard InChI is InChI=1S/C15H23N5O2/c1-5-10-8(2)9(3)15(22-10)20-7-17-12-13(16-4)18-11(6-21)19-14(12)20/h7-10,15,21H,5-6H2,1-4H3,(H,16,18,19). The lowest BCUT2D eigenvalue weighted by atomic mass is 9.91. The zero-order valence-corrected chi connectivity index (χ0v) is 13.4. The minimum Gasteiger partial charge on any atom is -0.388 e. The van der Waals surface area contributed by atoms with Gasteiger partial charge < -0.3 is 15.2 Å². The average Bonchev–Trinajstić information content (AvgIpc) is 3.08. The van der Waals surface area contributed by atoms with Crippen LogP contribution < -0.4 is 5.32 Å². The Hall–Kier alpha value is -1.73. The molecule has 4 atom stereocenters. The number of aliphatic hydroxyl groups excluding tert-OH is 1. The van der Waals surface area contributed by atoms with E-state index in [1.165, 1.54) is 0 Å². The molecule has 2 aromatic heterocycles. The number of anilines is 1. The molecule has 1 aliphatic heterocycles. The van der Waals surface area contributed by atoms with E-state index < -0.39 is 0 Å². The largest absolute Gasteiger partial charge is 0.388 e. The molecule has 3 heterocycles. The molecule has 1 fully saturated rings. The summed E-state index contributed by atoms with van der Waals surface area (Å²) in [5.74, 6) is 1.85. The molecule has 2 aromatic rings. The van der Waals surface area contributed by atoms with Crippen LogP contribution in [0.5, 0.6) is 0 Å². The van der Waals surface area contributed by atoms with Crippen molar-refractivity contribution in [1.82, 2.24) is 19.5 Å². The van der Waals surface area contributed by atoms with Crippen molar-refractivity contribution in [2.45, 2.75) is 46.1 Å². The van der Waals surface area contributed by atoms with Gasteiger partial charge in [-0.25, -0.2) is 15.0 Å². The maximum Gasteiger partial charge on any atom is 0.168 e. The summed E-state index contributed by atoms with van der Waals surface area (Å²) in [6.45, 7) is 6.37. The molecule has 1 aliphatic rings. The van der Waals surface area contributed by atoms with Crippen molar-refractivity contribution in [3.63, 3.8) is 0 Å². The van der Waals surface area contributed by atoms with Crippen LogP contribution >= 0.6 is 0 Å². The molecule has 0 spiro atoms. The van der Waals surface area contributed by atoms with Gasteiger partial charge in [-0.2, -0.15) is 0 Å². The van der Waals surface area contributed by atoms with Gasteiger partial charge in [0.1, 0.15) is 12.8 Å². The molecule has 3 rings (SSSR count). The quantitative estimate of drug-likeness (QED) is 0.898.